The van der Waals surface area contributed by atoms with Crippen LogP contribution in [-0.4, -0.2) is 11.8 Å². The molecule has 5 nitrogen and oxygen atoms in total. The van der Waals surface area contributed by atoms with Gasteiger partial charge in [-0.2, -0.15) is 0 Å². The van der Waals surface area contributed by atoms with Crippen molar-refractivity contribution in [2.45, 2.75) is 0 Å². The maximum Gasteiger partial charge on any atom is 0.255 e. The number of halogens is 4. The Balaban J connectivity index is 1.35. The maximum atomic E-state index is 12.4. The van der Waals surface area contributed by atoms with Crippen LogP contribution in [-0.2, 0) is 0 Å². The molecule has 0 heterocycles. The van der Waals surface area contributed by atoms with Crippen molar-refractivity contribution in [2.75, 3.05) is 10.6 Å². The topological polar surface area (TPSA) is 67.4 Å². The number of nitrogens with one attached hydrogen (secondary N) is 2. The van der Waals surface area contributed by atoms with Gasteiger partial charge in [-0.3, -0.25) is 9.59 Å². The third-order valence-electron chi connectivity index (χ3n) is 4.71. The molecule has 0 unspecified atom stereocenters. The fourth-order valence-corrected chi connectivity index (χ4v) is 4.18. The molecule has 2 amide bonds. The van der Waals surface area contributed by atoms with E-state index in [0.717, 1.165) is 0 Å². The Labute approximate surface area is 221 Å². The van der Waals surface area contributed by atoms with Gasteiger partial charge in [-0.1, -0.05) is 46.4 Å². The summed E-state index contributed by atoms with van der Waals surface area (Å²) in [4.78, 5) is 24.8. The van der Waals surface area contributed by atoms with E-state index in [-0.39, 0.29) is 11.8 Å². The zero-order chi connectivity index (χ0) is 24.9. The zero-order valence-electron chi connectivity index (χ0n) is 17.8. The van der Waals surface area contributed by atoms with E-state index in [4.69, 9.17) is 51.1 Å². The Morgan fingerprint density at radius 1 is 0.514 bits per heavy atom. The first kappa shape index (κ1) is 24.9. The summed E-state index contributed by atoms with van der Waals surface area (Å²) in [6.07, 6.45) is 0. The van der Waals surface area contributed by atoms with Gasteiger partial charge in [0.25, 0.3) is 11.8 Å². The lowest BCUT2D eigenvalue weighted by Gasteiger charge is -2.10. The minimum Gasteiger partial charge on any atom is -0.457 e. The van der Waals surface area contributed by atoms with Crippen molar-refractivity contribution in [3.63, 3.8) is 0 Å². The van der Waals surface area contributed by atoms with Crippen LogP contribution in [0, 0.1) is 0 Å². The summed E-state index contributed by atoms with van der Waals surface area (Å²) >= 11 is 23.8. The van der Waals surface area contributed by atoms with Crippen molar-refractivity contribution in [3.05, 3.63) is 116 Å². The summed E-state index contributed by atoms with van der Waals surface area (Å²) < 4.78 is 5.84. The van der Waals surface area contributed by atoms with Crippen LogP contribution < -0.4 is 15.4 Å². The summed E-state index contributed by atoms with van der Waals surface area (Å²) in [7, 11) is 0. The van der Waals surface area contributed by atoms with E-state index in [1.54, 1.807) is 60.7 Å². The molecule has 0 aromatic heterocycles. The SMILES string of the molecule is O=C(Nc1ccc(Oc2ccc(NC(=O)c3cc(Cl)cc(Cl)c3)cc2)cc1)c1cc(Cl)cc(Cl)c1. The van der Waals surface area contributed by atoms with Crippen molar-refractivity contribution in [2.24, 2.45) is 0 Å². The van der Waals surface area contributed by atoms with Crippen LogP contribution in [0.15, 0.2) is 84.9 Å². The van der Waals surface area contributed by atoms with Crippen molar-refractivity contribution in [1.82, 2.24) is 0 Å². The number of carbonyl (C=O) groups excluding carboxylic acids is 2. The number of benzene rings is 4. The molecule has 0 atom stereocenters. The largest absolute Gasteiger partial charge is 0.457 e. The number of anilines is 2. The van der Waals surface area contributed by atoms with Crippen LogP contribution in [0.4, 0.5) is 11.4 Å². The quantitative estimate of drug-likeness (QED) is 0.255. The molecule has 0 aliphatic carbocycles. The van der Waals surface area contributed by atoms with Crippen LogP contribution in [0.25, 0.3) is 0 Å². The highest BCUT2D eigenvalue weighted by atomic mass is 35.5. The number of ether oxygens (including phenoxy) is 1. The van der Waals surface area contributed by atoms with E-state index >= 15 is 0 Å². The van der Waals surface area contributed by atoms with Crippen molar-refractivity contribution >= 4 is 69.6 Å². The Morgan fingerprint density at radius 3 is 1.14 bits per heavy atom. The van der Waals surface area contributed by atoms with Crippen molar-refractivity contribution in [3.8, 4) is 11.5 Å². The molecule has 0 fully saturated rings. The van der Waals surface area contributed by atoms with Crippen molar-refractivity contribution in [1.29, 1.82) is 0 Å². The molecule has 35 heavy (non-hydrogen) atoms. The second kappa shape index (κ2) is 11.0. The first-order valence-electron chi connectivity index (χ1n) is 10.2. The number of amides is 2. The van der Waals surface area contributed by atoms with E-state index in [2.05, 4.69) is 10.6 Å². The number of rotatable bonds is 6. The summed E-state index contributed by atoms with van der Waals surface area (Å²) in [5, 5.41) is 7.08. The van der Waals surface area contributed by atoms with E-state index < -0.39 is 0 Å². The molecule has 0 aliphatic rings. The molecule has 0 spiro atoms. The molecule has 4 aromatic carbocycles. The minimum absolute atomic E-state index is 0.333. The van der Waals surface area contributed by atoms with Gasteiger partial charge in [0.1, 0.15) is 11.5 Å². The lowest BCUT2D eigenvalue weighted by atomic mass is 10.2. The zero-order valence-corrected chi connectivity index (χ0v) is 20.8. The number of hydrogen-bond donors (Lipinski definition) is 2. The number of carbonyl (C=O) groups is 2. The van der Waals surface area contributed by atoms with Crippen LogP contribution in [0.3, 0.4) is 0 Å². The summed E-state index contributed by atoms with van der Waals surface area (Å²) in [5.41, 5.74) is 1.87. The first-order valence-corrected chi connectivity index (χ1v) is 11.7. The van der Waals surface area contributed by atoms with E-state index in [9.17, 15) is 9.59 Å². The Morgan fingerprint density at radius 2 is 0.829 bits per heavy atom. The van der Waals surface area contributed by atoms with Gasteiger partial charge in [-0.05, 0) is 84.9 Å². The predicted octanol–water partition coefficient (Wildman–Crippen LogP) is 8.60. The molecule has 0 saturated carbocycles. The van der Waals surface area contributed by atoms with Gasteiger partial charge >= 0.3 is 0 Å². The molecule has 0 bridgehead atoms. The smallest absolute Gasteiger partial charge is 0.255 e. The fourth-order valence-electron chi connectivity index (χ4n) is 3.13. The second-order valence-electron chi connectivity index (χ2n) is 7.38. The van der Waals surface area contributed by atoms with Crippen LogP contribution >= 0.6 is 46.4 Å². The highest BCUT2D eigenvalue weighted by molar-refractivity contribution is 6.36. The van der Waals surface area contributed by atoms with Gasteiger partial charge in [-0.25, -0.2) is 0 Å². The molecule has 4 rings (SSSR count). The third kappa shape index (κ3) is 6.90. The Hall–Kier alpha value is -3.22. The predicted molar refractivity (Wildman–Crippen MR) is 142 cm³/mol. The monoisotopic (exact) mass is 544 g/mol. The van der Waals surface area contributed by atoms with Gasteiger partial charge < -0.3 is 15.4 Å². The molecule has 0 aliphatic heterocycles. The van der Waals surface area contributed by atoms with E-state index in [0.29, 0.717) is 54.1 Å². The Bertz CT molecular complexity index is 1240. The highest BCUT2D eigenvalue weighted by Crippen LogP contribution is 2.26. The lowest BCUT2D eigenvalue weighted by molar-refractivity contribution is 0.101. The van der Waals surface area contributed by atoms with Gasteiger partial charge in [0.05, 0.1) is 0 Å². The lowest BCUT2D eigenvalue weighted by Crippen LogP contribution is -2.11. The average Bonchev–Trinajstić information content (AvgIpc) is 2.80. The fraction of sp³-hybridized carbons (Fsp3) is 0. The molecular formula is C26H16Cl4N2O3. The molecule has 0 saturated heterocycles. The van der Waals surface area contributed by atoms with Gasteiger partial charge in [0.15, 0.2) is 0 Å². The third-order valence-corrected chi connectivity index (χ3v) is 5.58. The summed E-state index contributed by atoms with van der Waals surface area (Å²) in [6.45, 7) is 0. The van der Waals surface area contributed by atoms with E-state index in [1.807, 2.05) is 0 Å². The van der Waals surface area contributed by atoms with E-state index in [1.165, 1.54) is 24.3 Å². The number of hydrogen-bond acceptors (Lipinski definition) is 3. The maximum absolute atomic E-state index is 12.4. The van der Waals surface area contributed by atoms with Gasteiger partial charge in [-0.15, -0.1) is 0 Å². The normalized spacial score (nSPS) is 10.5. The molecule has 4 aromatic rings. The van der Waals surface area contributed by atoms with Crippen LogP contribution in [0.5, 0.6) is 11.5 Å². The summed E-state index contributed by atoms with van der Waals surface area (Å²) in [5.74, 6) is 0.472. The van der Waals surface area contributed by atoms with Gasteiger partial charge in [0.2, 0.25) is 0 Å². The first-order chi connectivity index (χ1) is 16.7. The van der Waals surface area contributed by atoms with Crippen LogP contribution in [0.1, 0.15) is 20.7 Å². The second-order valence-corrected chi connectivity index (χ2v) is 9.12. The average molecular weight is 546 g/mol. The van der Waals surface area contributed by atoms with Crippen molar-refractivity contribution < 1.29 is 14.3 Å². The molecule has 0 radical (unpaired) electrons. The molecule has 9 heteroatoms. The molecule has 2 N–H and O–H groups in total. The Kier molecular flexibility index (Phi) is 7.83. The molecular weight excluding hydrogens is 530 g/mol. The molecule has 176 valence electrons. The standard InChI is InChI=1S/C26H16Cl4N2O3/c27-17-9-15(10-18(28)13-17)25(33)31-21-1-5-23(6-2-21)35-24-7-3-22(4-8-24)32-26(34)16-11-19(29)14-20(30)12-16/h1-14H,(H,31,33)(H,32,34). The summed E-state index contributed by atoms with van der Waals surface area (Å²) in [6, 6.07) is 23.0. The van der Waals surface area contributed by atoms with Gasteiger partial charge in [0, 0.05) is 42.6 Å². The van der Waals surface area contributed by atoms with Crippen LogP contribution in [0.2, 0.25) is 20.1 Å². The minimum atomic E-state index is -0.333. The highest BCUT2D eigenvalue weighted by Gasteiger charge is 2.10.